The summed E-state index contributed by atoms with van der Waals surface area (Å²) in [6.45, 7) is 4.30. The summed E-state index contributed by atoms with van der Waals surface area (Å²) in [7, 11) is 1.93. The third kappa shape index (κ3) is 3.32. The molecule has 19 heavy (non-hydrogen) atoms. The van der Waals surface area contributed by atoms with Gasteiger partial charge in [-0.1, -0.05) is 6.07 Å². The van der Waals surface area contributed by atoms with Crippen molar-refractivity contribution >= 4 is 5.91 Å². The molecular weight excluding hydrogens is 243 g/mol. The molecule has 1 N–H and O–H groups in total. The van der Waals surface area contributed by atoms with Crippen LogP contribution in [0.25, 0.3) is 0 Å². The Morgan fingerprint density at radius 2 is 2.32 bits per heavy atom. The van der Waals surface area contributed by atoms with Gasteiger partial charge in [-0.3, -0.25) is 4.79 Å². The molecule has 0 bridgehead atoms. The molecule has 1 aromatic carbocycles. The second-order valence-corrected chi connectivity index (χ2v) is 5.28. The molecule has 1 aliphatic rings. The molecule has 1 atom stereocenters. The molecule has 3 nitrogen and oxygen atoms in total. The van der Waals surface area contributed by atoms with Crippen molar-refractivity contribution in [2.75, 3.05) is 26.7 Å². The van der Waals surface area contributed by atoms with Gasteiger partial charge >= 0.3 is 0 Å². The number of hydrogen-bond acceptors (Lipinski definition) is 2. The highest BCUT2D eigenvalue weighted by atomic mass is 19.1. The Labute approximate surface area is 113 Å². The number of nitrogens with one attached hydrogen (secondary N) is 1. The van der Waals surface area contributed by atoms with Crippen LogP contribution in [0.3, 0.4) is 0 Å². The first kappa shape index (κ1) is 14.0. The molecule has 1 aromatic rings. The van der Waals surface area contributed by atoms with Gasteiger partial charge in [-0.15, -0.1) is 0 Å². The Balaban J connectivity index is 2.12. The molecule has 1 amide bonds. The zero-order valence-electron chi connectivity index (χ0n) is 11.6. The fraction of sp³-hybridized carbons (Fsp3) is 0.533. The van der Waals surface area contributed by atoms with Crippen LogP contribution >= 0.6 is 0 Å². The topological polar surface area (TPSA) is 32.3 Å². The van der Waals surface area contributed by atoms with E-state index in [9.17, 15) is 9.18 Å². The highest BCUT2D eigenvalue weighted by Gasteiger charge is 2.25. The summed E-state index contributed by atoms with van der Waals surface area (Å²) in [6.07, 6.45) is 2.17. The lowest BCUT2D eigenvalue weighted by atomic mass is 9.97. The smallest absolute Gasteiger partial charge is 0.254 e. The van der Waals surface area contributed by atoms with E-state index in [1.54, 1.807) is 6.07 Å². The van der Waals surface area contributed by atoms with E-state index in [1.165, 1.54) is 12.1 Å². The summed E-state index contributed by atoms with van der Waals surface area (Å²) in [5, 5.41) is 3.16. The number of piperidine rings is 1. The standard InChI is InChI=1S/C15H21FN2O/c1-11-5-6-13(16)8-14(11)15(19)18-7-3-4-12(10-18)9-17-2/h5-6,8,12,17H,3-4,7,9-10H2,1-2H3. The molecule has 0 spiro atoms. The SMILES string of the molecule is CNCC1CCCN(C(=O)c2cc(F)ccc2C)C1. The third-order valence-electron chi connectivity index (χ3n) is 3.73. The van der Waals surface area contributed by atoms with Gasteiger partial charge in [-0.2, -0.15) is 0 Å². The molecule has 0 radical (unpaired) electrons. The van der Waals surface area contributed by atoms with Crippen LogP contribution in [0.5, 0.6) is 0 Å². The lowest BCUT2D eigenvalue weighted by Gasteiger charge is -2.33. The molecule has 1 saturated heterocycles. The van der Waals surface area contributed by atoms with Crippen LogP contribution in [0, 0.1) is 18.7 Å². The molecule has 0 aromatic heterocycles. The summed E-state index contributed by atoms with van der Waals surface area (Å²) in [5.74, 6) is 0.104. The first-order valence-corrected chi connectivity index (χ1v) is 6.82. The lowest BCUT2D eigenvalue weighted by molar-refractivity contribution is 0.0673. The minimum Gasteiger partial charge on any atom is -0.338 e. The molecule has 0 saturated carbocycles. The fourth-order valence-electron chi connectivity index (χ4n) is 2.70. The second-order valence-electron chi connectivity index (χ2n) is 5.28. The van der Waals surface area contributed by atoms with Crippen LogP contribution in [0.2, 0.25) is 0 Å². The van der Waals surface area contributed by atoms with Crippen LogP contribution in [0.1, 0.15) is 28.8 Å². The van der Waals surface area contributed by atoms with Gasteiger partial charge in [0.25, 0.3) is 5.91 Å². The lowest BCUT2D eigenvalue weighted by Crippen LogP contribution is -2.42. The van der Waals surface area contributed by atoms with E-state index < -0.39 is 0 Å². The van der Waals surface area contributed by atoms with E-state index in [4.69, 9.17) is 0 Å². The minimum absolute atomic E-state index is 0.0437. The summed E-state index contributed by atoms with van der Waals surface area (Å²) in [6, 6.07) is 4.41. The minimum atomic E-state index is -0.349. The van der Waals surface area contributed by atoms with Crippen molar-refractivity contribution in [2.24, 2.45) is 5.92 Å². The molecule has 4 heteroatoms. The van der Waals surface area contributed by atoms with Crippen molar-refractivity contribution in [3.8, 4) is 0 Å². The van der Waals surface area contributed by atoms with Gasteiger partial charge in [0.2, 0.25) is 0 Å². The van der Waals surface area contributed by atoms with Gasteiger partial charge in [0.1, 0.15) is 5.82 Å². The number of likely N-dealkylation sites (tertiary alicyclic amines) is 1. The molecule has 104 valence electrons. The molecule has 1 heterocycles. The maximum atomic E-state index is 13.3. The number of nitrogens with zero attached hydrogens (tertiary/aromatic N) is 1. The van der Waals surface area contributed by atoms with Crippen molar-refractivity contribution < 1.29 is 9.18 Å². The molecule has 0 aliphatic carbocycles. The van der Waals surface area contributed by atoms with E-state index in [0.717, 1.165) is 38.0 Å². The van der Waals surface area contributed by atoms with E-state index in [1.807, 2.05) is 18.9 Å². The average Bonchev–Trinajstić information content (AvgIpc) is 2.41. The Bertz CT molecular complexity index is 459. The fourth-order valence-corrected chi connectivity index (χ4v) is 2.70. The van der Waals surface area contributed by atoms with Crippen molar-refractivity contribution in [3.63, 3.8) is 0 Å². The van der Waals surface area contributed by atoms with Gasteiger partial charge < -0.3 is 10.2 Å². The van der Waals surface area contributed by atoms with Gasteiger partial charge in [-0.25, -0.2) is 4.39 Å². The average molecular weight is 264 g/mol. The van der Waals surface area contributed by atoms with Gasteiger partial charge in [0.15, 0.2) is 0 Å². The predicted molar refractivity (Wildman–Crippen MR) is 73.7 cm³/mol. The van der Waals surface area contributed by atoms with Crippen molar-refractivity contribution in [2.45, 2.75) is 19.8 Å². The number of amides is 1. The van der Waals surface area contributed by atoms with Crippen molar-refractivity contribution in [1.29, 1.82) is 0 Å². The van der Waals surface area contributed by atoms with Crippen LogP contribution in [-0.2, 0) is 0 Å². The Kier molecular flexibility index (Phi) is 4.53. The summed E-state index contributed by atoms with van der Waals surface area (Å²) < 4.78 is 13.3. The van der Waals surface area contributed by atoms with Gasteiger partial charge in [-0.05, 0) is 57.0 Å². The molecule has 2 rings (SSSR count). The molecule has 1 aliphatic heterocycles. The maximum absolute atomic E-state index is 13.3. The number of rotatable bonds is 3. The van der Waals surface area contributed by atoms with Crippen molar-refractivity contribution in [1.82, 2.24) is 10.2 Å². The molecular formula is C15H21FN2O. The van der Waals surface area contributed by atoms with Gasteiger partial charge in [0.05, 0.1) is 0 Å². The van der Waals surface area contributed by atoms with Crippen molar-refractivity contribution in [3.05, 3.63) is 35.1 Å². The van der Waals surface area contributed by atoms with Crippen LogP contribution in [0.15, 0.2) is 18.2 Å². The summed E-state index contributed by atoms with van der Waals surface area (Å²) in [5.41, 5.74) is 1.33. The second kappa shape index (κ2) is 6.15. The molecule has 1 unspecified atom stereocenters. The monoisotopic (exact) mass is 264 g/mol. The number of halogens is 1. The maximum Gasteiger partial charge on any atom is 0.254 e. The first-order valence-electron chi connectivity index (χ1n) is 6.82. The third-order valence-corrected chi connectivity index (χ3v) is 3.73. The zero-order valence-corrected chi connectivity index (χ0v) is 11.6. The quantitative estimate of drug-likeness (QED) is 0.907. The van der Waals surface area contributed by atoms with E-state index in [0.29, 0.717) is 11.5 Å². The normalized spacial score (nSPS) is 19.5. The number of hydrogen-bond donors (Lipinski definition) is 1. The predicted octanol–water partition coefficient (Wildman–Crippen LogP) is 2.21. The number of carbonyl (C=O) groups is 1. The Hall–Kier alpha value is -1.42. The summed E-state index contributed by atoms with van der Waals surface area (Å²) >= 11 is 0. The zero-order chi connectivity index (χ0) is 13.8. The first-order chi connectivity index (χ1) is 9.11. The number of carbonyl (C=O) groups excluding carboxylic acids is 1. The number of benzene rings is 1. The van der Waals surface area contributed by atoms with E-state index in [-0.39, 0.29) is 11.7 Å². The van der Waals surface area contributed by atoms with E-state index in [2.05, 4.69) is 5.32 Å². The molecule has 1 fully saturated rings. The van der Waals surface area contributed by atoms with Crippen LogP contribution in [0.4, 0.5) is 4.39 Å². The van der Waals surface area contributed by atoms with Crippen LogP contribution < -0.4 is 5.32 Å². The number of aryl methyl sites for hydroxylation is 1. The highest BCUT2D eigenvalue weighted by molar-refractivity contribution is 5.95. The highest BCUT2D eigenvalue weighted by Crippen LogP contribution is 2.20. The Morgan fingerprint density at radius 3 is 3.05 bits per heavy atom. The van der Waals surface area contributed by atoms with E-state index >= 15 is 0 Å². The largest absolute Gasteiger partial charge is 0.338 e. The van der Waals surface area contributed by atoms with Crippen LogP contribution in [-0.4, -0.2) is 37.5 Å². The Morgan fingerprint density at radius 1 is 1.53 bits per heavy atom. The summed E-state index contributed by atoms with van der Waals surface area (Å²) in [4.78, 5) is 14.3. The van der Waals surface area contributed by atoms with Gasteiger partial charge in [0, 0.05) is 18.7 Å².